The molecular weight excluding hydrogens is 266 g/mol. The predicted molar refractivity (Wildman–Crippen MR) is 81.2 cm³/mol. The summed E-state index contributed by atoms with van der Waals surface area (Å²) in [5, 5.41) is 2.84. The molecule has 1 N–H and O–H groups in total. The number of likely N-dealkylation sites (tertiary alicyclic amines) is 1. The molecule has 114 valence electrons. The van der Waals surface area contributed by atoms with Crippen LogP contribution in [0.3, 0.4) is 0 Å². The number of carbonyl (C=O) groups excluding carboxylic acids is 2. The number of rotatable bonds is 5. The van der Waals surface area contributed by atoms with Crippen LogP contribution in [0.25, 0.3) is 0 Å². The van der Waals surface area contributed by atoms with Crippen LogP contribution in [0.1, 0.15) is 59.7 Å². The zero-order chi connectivity index (χ0) is 15.1. The highest BCUT2D eigenvalue weighted by Crippen LogP contribution is 2.13. The third-order valence-electron chi connectivity index (χ3n) is 3.71. The number of pyridine rings is 1. The second-order valence-corrected chi connectivity index (χ2v) is 5.42. The molecule has 21 heavy (non-hydrogen) atoms. The summed E-state index contributed by atoms with van der Waals surface area (Å²) in [6.45, 7) is 4.32. The summed E-state index contributed by atoms with van der Waals surface area (Å²) in [4.78, 5) is 30.3. The highest BCUT2D eigenvalue weighted by molar-refractivity contribution is 5.99. The van der Waals surface area contributed by atoms with Gasteiger partial charge in [0.2, 0.25) is 0 Å². The number of carbonyl (C=O) groups is 2. The van der Waals surface area contributed by atoms with Crippen molar-refractivity contribution in [1.29, 1.82) is 0 Å². The molecule has 0 radical (unpaired) electrons. The van der Waals surface area contributed by atoms with E-state index in [9.17, 15) is 9.59 Å². The van der Waals surface area contributed by atoms with E-state index in [0.717, 1.165) is 38.8 Å². The van der Waals surface area contributed by atoms with Gasteiger partial charge in [0.1, 0.15) is 0 Å². The maximum Gasteiger partial charge on any atom is 0.255 e. The van der Waals surface area contributed by atoms with Crippen molar-refractivity contribution in [2.45, 2.75) is 39.0 Å². The molecule has 0 atom stereocenters. The summed E-state index contributed by atoms with van der Waals surface area (Å²) in [5.74, 6) is -0.186. The van der Waals surface area contributed by atoms with Gasteiger partial charge in [-0.3, -0.25) is 14.6 Å². The standard InChI is InChI=1S/C16H23N3O2/c1-2-3-7-18-15(20)13-10-14(12-17-11-13)16(21)19-8-5-4-6-9-19/h10-12H,2-9H2,1H3,(H,18,20). The molecule has 1 aliphatic heterocycles. The van der Waals surface area contributed by atoms with E-state index in [1.807, 2.05) is 4.90 Å². The summed E-state index contributed by atoms with van der Waals surface area (Å²) in [5.41, 5.74) is 0.953. The average Bonchev–Trinajstić information content (AvgIpc) is 2.55. The monoisotopic (exact) mass is 289 g/mol. The maximum atomic E-state index is 12.4. The Hall–Kier alpha value is -1.91. The molecule has 0 aliphatic carbocycles. The summed E-state index contributed by atoms with van der Waals surface area (Å²) in [6, 6.07) is 1.64. The summed E-state index contributed by atoms with van der Waals surface area (Å²) in [7, 11) is 0. The molecule has 2 rings (SSSR count). The Balaban J connectivity index is 2.02. The van der Waals surface area contributed by atoms with E-state index in [4.69, 9.17) is 0 Å². The lowest BCUT2D eigenvalue weighted by atomic mass is 10.1. The molecule has 1 aromatic rings. The average molecular weight is 289 g/mol. The van der Waals surface area contributed by atoms with E-state index in [1.165, 1.54) is 12.6 Å². The fourth-order valence-corrected chi connectivity index (χ4v) is 2.44. The molecule has 1 aromatic heterocycles. The first-order chi connectivity index (χ1) is 10.2. The quantitative estimate of drug-likeness (QED) is 0.846. The largest absolute Gasteiger partial charge is 0.352 e. The highest BCUT2D eigenvalue weighted by atomic mass is 16.2. The Labute approximate surface area is 125 Å². The van der Waals surface area contributed by atoms with Crippen LogP contribution in [0, 0.1) is 0 Å². The second kappa shape index (κ2) is 7.76. The van der Waals surface area contributed by atoms with Gasteiger partial charge in [-0.25, -0.2) is 0 Å². The normalized spacial score (nSPS) is 14.8. The highest BCUT2D eigenvalue weighted by Gasteiger charge is 2.19. The number of amides is 2. The van der Waals surface area contributed by atoms with E-state index in [1.54, 1.807) is 12.3 Å². The molecule has 2 amide bonds. The minimum atomic E-state index is -0.163. The lowest BCUT2D eigenvalue weighted by Crippen LogP contribution is -2.35. The first-order valence-corrected chi connectivity index (χ1v) is 7.75. The van der Waals surface area contributed by atoms with Crippen LogP contribution in [-0.2, 0) is 0 Å². The van der Waals surface area contributed by atoms with Crippen LogP contribution >= 0.6 is 0 Å². The van der Waals surface area contributed by atoms with Crippen LogP contribution in [-0.4, -0.2) is 41.3 Å². The molecule has 0 aromatic carbocycles. The van der Waals surface area contributed by atoms with Gasteiger partial charge in [-0.05, 0) is 31.7 Å². The van der Waals surface area contributed by atoms with Crippen molar-refractivity contribution in [2.24, 2.45) is 0 Å². The molecule has 5 nitrogen and oxygen atoms in total. The Kier molecular flexibility index (Phi) is 5.72. The van der Waals surface area contributed by atoms with Gasteiger partial charge < -0.3 is 10.2 Å². The SMILES string of the molecule is CCCCNC(=O)c1cncc(C(=O)N2CCCCC2)c1. The molecule has 2 heterocycles. The number of hydrogen-bond acceptors (Lipinski definition) is 3. The zero-order valence-electron chi connectivity index (χ0n) is 12.6. The molecule has 5 heteroatoms. The van der Waals surface area contributed by atoms with Crippen LogP contribution in [0.5, 0.6) is 0 Å². The predicted octanol–water partition coefficient (Wildman–Crippen LogP) is 2.24. The zero-order valence-corrected chi connectivity index (χ0v) is 12.6. The Morgan fingerprint density at radius 1 is 1.19 bits per heavy atom. The molecule has 1 fully saturated rings. The van der Waals surface area contributed by atoms with E-state index in [2.05, 4.69) is 17.2 Å². The lowest BCUT2D eigenvalue weighted by molar-refractivity contribution is 0.0724. The third-order valence-corrected chi connectivity index (χ3v) is 3.71. The van der Waals surface area contributed by atoms with Gasteiger partial charge in [0.15, 0.2) is 0 Å². The topological polar surface area (TPSA) is 62.3 Å². The molecule has 0 unspecified atom stereocenters. The molecule has 0 saturated carbocycles. The second-order valence-electron chi connectivity index (χ2n) is 5.42. The van der Waals surface area contributed by atoms with E-state index in [0.29, 0.717) is 17.7 Å². The van der Waals surface area contributed by atoms with Crippen molar-refractivity contribution in [2.75, 3.05) is 19.6 Å². The third kappa shape index (κ3) is 4.28. The van der Waals surface area contributed by atoms with Crippen molar-refractivity contribution >= 4 is 11.8 Å². The van der Waals surface area contributed by atoms with Crippen molar-refractivity contribution in [1.82, 2.24) is 15.2 Å². The Morgan fingerprint density at radius 2 is 1.90 bits per heavy atom. The van der Waals surface area contributed by atoms with Gasteiger partial charge in [0.25, 0.3) is 11.8 Å². The number of hydrogen-bond donors (Lipinski definition) is 1. The number of nitrogens with zero attached hydrogens (tertiary/aromatic N) is 2. The van der Waals surface area contributed by atoms with E-state index in [-0.39, 0.29) is 11.8 Å². The number of unbranched alkanes of at least 4 members (excludes halogenated alkanes) is 1. The minimum absolute atomic E-state index is 0.0228. The van der Waals surface area contributed by atoms with Gasteiger partial charge in [-0.1, -0.05) is 13.3 Å². The maximum absolute atomic E-state index is 12.4. The van der Waals surface area contributed by atoms with Crippen molar-refractivity contribution < 1.29 is 9.59 Å². The number of piperidine rings is 1. The molecule has 0 bridgehead atoms. The summed E-state index contributed by atoms with van der Waals surface area (Å²) in [6.07, 6.45) is 8.32. The smallest absolute Gasteiger partial charge is 0.255 e. The van der Waals surface area contributed by atoms with Crippen molar-refractivity contribution in [3.05, 3.63) is 29.6 Å². The van der Waals surface area contributed by atoms with Gasteiger partial charge in [-0.15, -0.1) is 0 Å². The molecule has 1 aliphatic rings. The van der Waals surface area contributed by atoms with Crippen LogP contribution < -0.4 is 5.32 Å². The number of nitrogens with one attached hydrogen (secondary N) is 1. The van der Waals surface area contributed by atoms with E-state index >= 15 is 0 Å². The first kappa shape index (κ1) is 15.5. The molecule has 1 saturated heterocycles. The Morgan fingerprint density at radius 3 is 2.62 bits per heavy atom. The van der Waals surface area contributed by atoms with Crippen molar-refractivity contribution in [3.8, 4) is 0 Å². The van der Waals surface area contributed by atoms with Gasteiger partial charge in [0.05, 0.1) is 11.1 Å². The van der Waals surface area contributed by atoms with Gasteiger partial charge in [-0.2, -0.15) is 0 Å². The van der Waals surface area contributed by atoms with Crippen LogP contribution in [0.15, 0.2) is 18.5 Å². The summed E-state index contributed by atoms with van der Waals surface area (Å²) >= 11 is 0. The van der Waals surface area contributed by atoms with Gasteiger partial charge >= 0.3 is 0 Å². The van der Waals surface area contributed by atoms with E-state index < -0.39 is 0 Å². The van der Waals surface area contributed by atoms with Crippen molar-refractivity contribution in [3.63, 3.8) is 0 Å². The van der Waals surface area contributed by atoms with Crippen LogP contribution in [0.4, 0.5) is 0 Å². The fourth-order valence-electron chi connectivity index (χ4n) is 2.44. The molecule has 0 spiro atoms. The lowest BCUT2D eigenvalue weighted by Gasteiger charge is -2.26. The Bertz CT molecular complexity index is 496. The van der Waals surface area contributed by atoms with Crippen LogP contribution in [0.2, 0.25) is 0 Å². The number of aromatic nitrogens is 1. The molecular formula is C16H23N3O2. The van der Waals surface area contributed by atoms with Gasteiger partial charge in [0, 0.05) is 32.0 Å². The first-order valence-electron chi connectivity index (χ1n) is 7.75. The fraction of sp³-hybridized carbons (Fsp3) is 0.562. The minimum Gasteiger partial charge on any atom is -0.352 e. The summed E-state index contributed by atoms with van der Waals surface area (Å²) < 4.78 is 0.